The van der Waals surface area contributed by atoms with Crippen molar-refractivity contribution >= 4 is 37.6 Å². The van der Waals surface area contributed by atoms with E-state index >= 15 is 0 Å². The largest absolute Gasteiger partial charge is 0.490 e. The number of carbonyl (C=O) groups is 2. The standard InChI is InChI=1S/C53H51O10P2/c1-35(2)51(54)60-41(33-64(56)49-21-13-9-17-45(49)43-15-7-11-19-47(43)62-64)31-58-39-27-23-37(24-28-39)53(5,6)38-25-29-40(30-26-38)59-32-42(61-52(55)36(3)4)34-65(57)50-22-14-10-18-46(50)44-16-8-12-20-48(44)63-65/h7-30,41-42,56H,1,3,31-34H2,2,4-6H3/q+1. The lowest BCUT2D eigenvalue weighted by molar-refractivity contribution is -0.145. The summed E-state index contributed by atoms with van der Waals surface area (Å²) in [4.78, 5) is 37.8. The minimum atomic E-state index is -3.55. The fraction of sp³-hybridized carbons (Fsp3) is 0.208. The van der Waals surface area contributed by atoms with Crippen LogP contribution in [0, 0.1) is 0 Å². The van der Waals surface area contributed by atoms with Crippen LogP contribution in [0.25, 0.3) is 22.3 Å². The van der Waals surface area contributed by atoms with E-state index < -0.39 is 44.6 Å². The first kappa shape index (κ1) is 45.1. The molecule has 0 saturated carbocycles. The van der Waals surface area contributed by atoms with Crippen LogP contribution in [0.4, 0.5) is 0 Å². The number of hydrogen-bond donors (Lipinski definition) is 1. The minimum Gasteiger partial charge on any atom is -0.490 e. The molecule has 2 aliphatic rings. The molecule has 8 rings (SSSR count). The molecule has 0 amide bonds. The van der Waals surface area contributed by atoms with Crippen LogP contribution in [-0.4, -0.2) is 54.6 Å². The van der Waals surface area contributed by atoms with Gasteiger partial charge in [0.05, 0.1) is 11.5 Å². The summed E-state index contributed by atoms with van der Waals surface area (Å²) in [6, 6.07) is 45.4. The minimum absolute atomic E-state index is 0.0151. The van der Waals surface area contributed by atoms with E-state index in [4.69, 9.17) is 28.0 Å². The number of carbonyl (C=O) groups excluding carboxylic acids is 2. The summed E-state index contributed by atoms with van der Waals surface area (Å²) >= 11 is 0. The van der Waals surface area contributed by atoms with Crippen molar-refractivity contribution in [3.63, 3.8) is 0 Å². The first-order chi connectivity index (χ1) is 31.1. The van der Waals surface area contributed by atoms with Crippen molar-refractivity contribution in [2.45, 2.75) is 45.3 Å². The van der Waals surface area contributed by atoms with Crippen molar-refractivity contribution in [3.8, 4) is 45.3 Å². The van der Waals surface area contributed by atoms with Crippen molar-refractivity contribution in [2.24, 2.45) is 0 Å². The van der Waals surface area contributed by atoms with E-state index in [-0.39, 0.29) is 36.7 Å². The summed E-state index contributed by atoms with van der Waals surface area (Å²) in [7, 11) is -6.85. The Hall–Kier alpha value is -6.44. The van der Waals surface area contributed by atoms with Crippen molar-refractivity contribution in [3.05, 3.63) is 181 Å². The molecule has 12 heteroatoms. The number of ether oxygens (including phenoxy) is 4. The van der Waals surface area contributed by atoms with Gasteiger partial charge in [-0.25, -0.2) is 14.5 Å². The first-order valence-corrected chi connectivity index (χ1v) is 25.0. The highest BCUT2D eigenvalue weighted by atomic mass is 31.2. The van der Waals surface area contributed by atoms with Crippen LogP contribution in [0.3, 0.4) is 0 Å². The Morgan fingerprint density at radius 1 is 0.631 bits per heavy atom. The van der Waals surface area contributed by atoms with Crippen LogP contribution in [0.2, 0.25) is 0 Å². The van der Waals surface area contributed by atoms with Crippen LogP contribution in [0.5, 0.6) is 23.0 Å². The molecular formula is C53H51O10P2+. The molecule has 10 nitrogen and oxygen atoms in total. The van der Waals surface area contributed by atoms with Gasteiger partial charge in [-0.2, -0.15) is 0 Å². The molecule has 0 spiro atoms. The Kier molecular flexibility index (Phi) is 12.9. The lowest BCUT2D eigenvalue weighted by atomic mass is 9.78. The summed E-state index contributed by atoms with van der Waals surface area (Å²) < 4.78 is 51.2. The number of benzene rings is 6. The number of esters is 2. The second-order valence-electron chi connectivity index (χ2n) is 16.9. The lowest BCUT2D eigenvalue weighted by Crippen LogP contribution is -2.35. The van der Waals surface area contributed by atoms with Crippen LogP contribution in [-0.2, 0) is 29.0 Å². The van der Waals surface area contributed by atoms with E-state index in [1.165, 1.54) is 0 Å². The second-order valence-corrected chi connectivity index (χ2v) is 21.7. The number of para-hydroxylation sites is 2. The quantitative estimate of drug-likeness (QED) is 0.0570. The van der Waals surface area contributed by atoms with E-state index in [0.29, 0.717) is 33.6 Å². The van der Waals surface area contributed by atoms with E-state index in [1.54, 1.807) is 26.0 Å². The zero-order valence-corrected chi connectivity index (χ0v) is 38.6. The van der Waals surface area contributed by atoms with Gasteiger partial charge in [0, 0.05) is 33.3 Å². The molecule has 0 aromatic heterocycles. The third-order valence-electron chi connectivity index (χ3n) is 11.6. The summed E-state index contributed by atoms with van der Waals surface area (Å²) in [5.41, 5.74) is 5.47. The van der Waals surface area contributed by atoms with Gasteiger partial charge in [-0.15, -0.1) is 0 Å². The van der Waals surface area contributed by atoms with Gasteiger partial charge in [0.15, 0.2) is 23.3 Å². The number of fused-ring (bicyclic) bond motifs is 6. The molecular weight excluding hydrogens is 859 g/mol. The topological polar surface area (TPSA) is 127 Å². The Morgan fingerprint density at radius 2 is 1.09 bits per heavy atom. The number of hydrogen-bond acceptors (Lipinski definition) is 10. The predicted molar refractivity (Wildman–Crippen MR) is 256 cm³/mol. The van der Waals surface area contributed by atoms with E-state index in [9.17, 15) is 19.0 Å². The van der Waals surface area contributed by atoms with Gasteiger partial charge in [-0.1, -0.05) is 124 Å². The molecule has 0 fully saturated rings. The zero-order chi connectivity index (χ0) is 45.9. The van der Waals surface area contributed by atoms with Crippen molar-refractivity contribution in [1.29, 1.82) is 0 Å². The number of rotatable bonds is 16. The normalized spacial score (nSPS) is 17.8. The summed E-state index contributed by atoms with van der Waals surface area (Å²) in [5, 5.41) is 1.24. The van der Waals surface area contributed by atoms with Gasteiger partial charge >= 0.3 is 19.7 Å². The third-order valence-corrected chi connectivity index (χ3v) is 16.6. The second kappa shape index (κ2) is 18.6. The van der Waals surface area contributed by atoms with Crippen LogP contribution in [0.15, 0.2) is 170 Å². The van der Waals surface area contributed by atoms with Crippen LogP contribution in [0.1, 0.15) is 38.8 Å². The maximum Gasteiger partial charge on any atom is 0.353 e. The lowest BCUT2D eigenvalue weighted by Gasteiger charge is -2.31. The predicted octanol–water partition coefficient (Wildman–Crippen LogP) is 10.6. The summed E-state index contributed by atoms with van der Waals surface area (Å²) in [6.45, 7) is 14.7. The third kappa shape index (κ3) is 9.67. The van der Waals surface area contributed by atoms with Crippen molar-refractivity contribution < 1.29 is 47.0 Å². The van der Waals surface area contributed by atoms with Crippen LogP contribution >= 0.6 is 15.1 Å². The smallest absolute Gasteiger partial charge is 0.353 e. The molecule has 0 radical (unpaired) electrons. The summed E-state index contributed by atoms with van der Waals surface area (Å²) in [6.07, 6.45) is -1.83. The highest BCUT2D eigenvalue weighted by Crippen LogP contribution is 2.61. The van der Waals surface area contributed by atoms with Gasteiger partial charge in [0.25, 0.3) is 7.37 Å². The molecule has 332 valence electrons. The summed E-state index contributed by atoms with van der Waals surface area (Å²) in [5.74, 6) is 0.986. The van der Waals surface area contributed by atoms with Crippen LogP contribution < -0.4 is 29.1 Å². The molecule has 0 saturated heterocycles. The molecule has 0 aliphatic carbocycles. The Morgan fingerprint density at radius 3 is 1.68 bits per heavy atom. The maximum atomic E-state index is 14.7. The monoisotopic (exact) mass is 909 g/mol. The molecule has 0 bridgehead atoms. The van der Waals surface area contributed by atoms with Gasteiger partial charge in [-0.05, 0) is 79.1 Å². The molecule has 65 heavy (non-hydrogen) atoms. The highest BCUT2D eigenvalue weighted by molar-refractivity contribution is 7.74. The average molecular weight is 910 g/mol. The van der Waals surface area contributed by atoms with Gasteiger partial charge in [0.2, 0.25) is 0 Å². The molecule has 2 heterocycles. The fourth-order valence-corrected chi connectivity index (χ4v) is 12.9. The van der Waals surface area contributed by atoms with E-state index in [1.807, 2.05) is 133 Å². The zero-order valence-electron chi connectivity index (χ0n) is 36.8. The Labute approximate surface area is 380 Å². The fourth-order valence-electron chi connectivity index (χ4n) is 8.01. The molecule has 2 aliphatic heterocycles. The molecule has 4 atom stereocenters. The Balaban J connectivity index is 0.931. The SMILES string of the molecule is C=C(C)C(=O)OC(COc1ccc(C(C)(C)c2ccc(OCC(C[P+]3(O)Oc4ccccc4-c4ccccc43)OC(=O)C(=C)C)cc2)cc1)CP1(=O)Oc2ccccc2-c2ccccc21. The highest BCUT2D eigenvalue weighted by Gasteiger charge is 2.51. The Bertz CT molecular complexity index is 2820. The molecule has 6 aromatic carbocycles. The van der Waals surface area contributed by atoms with Gasteiger partial charge in [0.1, 0.15) is 36.6 Å². The van der Waals surface area contributed by atoms with Crippen molar-refractivity contribution in [2.75, 3.05) is 25.5 Å². The molecule has 6 aromatic rings. The molecule has 4 unspecified atom stereocenters. The first-order valence-electron chi connectivity index (χ1n) is 21.3. The van der Waals surface area contributed by atoms with E-state index in [2.05, 4.69) is 27.0 Å². The van der Waals surface area contributed by atoms with Gasteiger partial charge < -0.3 is 28.0 Å². The average Bonchev–Trinajstić information content (AvgIpc) is 3.30. The van der Waals surface area contributed by atoms with Crippen molar-refractivity contribution in [1.82, 2.24) is 0 Å². The van der Waals surface area contributed by atoms with Gasteiger partial charge in [-0.3, -0.25) is 4.57 Å². The van der Waals surface area contributed by atoms with E-state index in [0.717, 1.165) is 33.4 Å². The maximum absolute atomic E-state index is 14.7. The molecule has 1 N–H and O–H groups in total.